The molecule has 13 nitrogen and oxygen atoms in total. The van der Waals surface area contributed by atoms with Gasteiger partial charge in [-0.3, -0.25) is 4.79 Å². The van der Waals surface area contributed by atoms with Gasteiger partial charge in [-0.1, -0.05) is 0 Å². The Morgan fingerprint density at radius 3 is 2.09 bits per heavy atom. The molecule has 2 aliphatic heterocycles. The second-order valence-corrected chi connectivity index (χ2v) is 7.93. The number of rotatable bonds is 4. The second kappa shape index (κ2) is 8.79. The average Bonchev–Trinajstić information content (AvgIpc) is 2.78. The summed E-state index contributed by atoms with van der Waals surface area (Å²) >= 11 is 0. The Balaban J connectivity index is 1.59. The van der Waals surface area contributed by atoms with Crippen LogP contribution in [0.1, 0.15) is 21.8 Å². The number of phenolic OH excluding ortho intramolecular Hbond substituents is 4. The van der Waals surface area contributed by atoms with Crippen LogP contribution in [-0.2, 0) is 4.74 Å². The fourth-order valence-corrected chi connectivity index (χ4v) is 3.83. The van der Waals surface area contributed by atoms with Crippen LogP contribution in [0.5, 0.6) is 34.5 Å². The Kier molecular flexibility index (Phi) is 6.16. The number of fused-ring (bicyclic) bond motifs is 1. The molecule has 13 heteroatoms. The van der Waals surface area contributed by atoms with E-state index in [9.17, 15) is 50.8 Å². The predicted octanol–water partition coefficient (Wildman–Crippen LogP) is -1.64. The number of ketones is 1. The molecular weight excluding hydrogens is 460 g/mol. The number of ether oxygens (including phenoxy) is 3. The molecule has 9 N–H and O–H groups in total. The molecule has 2 heterocycles. The van der Waals surface area contributed by atoms with Gasteiger partial charge in [0.05, 0.1) is 5.56 Å². The van der Waals surface area contributed by atoms with Crippen molar-refractivity contribution < 1.29 is 65.0 Å². The SMILES string of the molecule is O=C1c2cc(OC[C@H]3O[C@@H](O)[C@H](O)[C@@H](O)[C@@H]3O)cc(O)c2O[C@@H](O)[C@H]1c1cc(O)c(O)c(O)c1. The highest BCUT2D eigenvalue weighted by atomic mass is 16.6. The standard InChI is InChI=1S/C21H22O13/c22-9-1-6(2-10(23)15(9)26)13-14(25)8-3-7(4-11(24)19(8)34-20(13)30)32-5-12-16(27)17(28)18(29)21(31)33-12/h1-4,12-13,16-18,20-24,26-31H,5H2/t12-,13+,16-,17+,18-,20-,21-/m1/s1. The molecule has 0 unspecified atom stereocenters. The highest BCUT2D eigenvalue weighted by Gasteiger charge is 2.44. The van der Waals surface area contributed by atoms with Crippen LogP contribution >= 0.6 is 0 Å². The third-order valence-corrected chi connectivity index (χ3v) is 5.67. The van der Waals surface area contributed by atoms with Crippen LogP contribution in [0.25, 0.3) is 0 Å². The van der Waals surface area contributed by atoms with Crippen LogP contribution in [0.4, 0.5) is 0 Å². The Morgan fingerprint density at radius 2 is 1.44 bits per heavy atom. The summed E-state index contributed by atoms with van der Waals surface area (Å²) in [4.78, 5) is 13.1. The van der Waals surface area contributed by atoms with Gasteiger partial charge in [0.1, 0.15) is 42.7 Å². The zero-order valence-electron chi connectivity index (χ0n) is 17.2. The molecule has 0 aliphatic carbocycles. The minimum Gasteiger partial charge on any atom is -0.504 e. The Morgan fingerprint density at radius 1 is 0.794 bits per heavy atom. The van der Waals surface area contributed by atoms with Crippen LogP contribution in [0, 0.1) is 0 Å². The summed E-state index contributed by atoms with van der Waals surface area (Å²) < 4.78 is 15.7. The molecule has 184 valence electrons. The van der Waals surface area contributed by atoms with Crippen molar-refractivity contribution in [1.29, 1.82) is 0 Å². The Hall–Kier alpha value is -3.33. The van der Waals surface area contributed by atoms with E-state index in [-0.39, 0.29) is 22.6 Å². The molecule has 34 heavy (non-hydrogen) atoms. The largest absolute Gasteiger partial charge is 0.504 e. The number of benzene rings is 2. The first kappa shape index (κ1) is 23.8. The van der Waals surface area contributed by atoms with Gasteiger partial charge in [0.2, 0.25) is 6.29 Å². The van der Waals surface area contributed by atoms with Crippen molar-refractivity contribution in [1.82, 2.24) is 0 Å². The maximum Gasteiger partial charge on any atom is 0.212 e. The normalized spacial score (nSPS) is 31.0. The van der Waals surface area contributed by atoms with Crippen LogP contribution in [-0.4, -0.2) is 95.3 Å². The molecule has 7 atom stereocenters. The van der Waals surface area contributed by atoms with Crippen molar-refractivity contribution in [2.24, 2.45) is 0 Å². The smallest absolute Gasteiger partial charge is 0.212 e. The number of hydrogen-bond acceptors (Lipinski definition) is 13. The maximum atomic E-state index is 13.1. The monoisotopic (exact) mass is 482 g/mol. The average molecular weight is 482 g/mol. The minimum atomic E-state index is -1.80. The predicted molar refractivity (Wildman–Crippen MR) is 108 cm³/mol. The van der Waals surface area contributed by atoms with Crippen LogP contribution in [0.3, 0.4) is 0 Å². The van der Waals surface area contributed by atoms with Crippen molar-refractivity contribution >= 4 is 5.78 Å². The quantitative estimate of drug-likeness (QED) is 0.223. The van der Waals surface area contributed by atoms with Crippen LogP contribution in [0.15, 0.2) is 24.3 Å². The zero-order chi connectivity index (χ0) is 24.9. The summed E-state index contributed by atoms with van der Waals surface area (Å²) in [5.41, 5.74) is -0.306. The van der Waals surface area contributed by atoms with E-state index in [0.29, 0.717) is 0 Å². The topological polar surface area (TPSA) is 227 Å². The number of carbonyl (C=O) groups is 1. The van der Waals surface area contributed by atoms with E-state index in [0.717, 1.165) is 24.3 Å². The van der Waals surface area contributed by atoms with E-state index in [1.165, 1.54) is 0 Å². The van der Waals surface area contributed by atoms with Crippen molar-refractivity contribution in [3.05, 3.63) is 35.4 Å². The third-order valence-electron chi connectivity index (χ3n) is 5.67. The van der Waals surface area contributed by atoms with E-state index in [4.69, 9.17) is 14.2 Å². The number of carbonyl (C=O) groups excluding carboxylic acids is 1. The lowest BCUT2D eigenvalue weighted by atomic mass is 9.87. The number of hydrogen-bond donors (Lipinski definition) is 9. The zero-order valence-corrected chi connectivity index (χ0v) is 17.2. The molecule has 0 saturated carbocycles. The van der Waals surface area contributed by atoms with Crippen molar-refractivity contribution in [3.8, 4) is 34.5 Å². The minimum absolute atomic E-state index is 0.0815. The molecule has 0 bridgehead atoms. The van der Waals surface area contributed by atoms with Crippen LogP contribution in [0.2, 0.25) is 0 Å². The summed E-state index contributed by atoms with van der Waals surface area (Å²) in [6.07, 6.45) is -9.89. The third kappa shape index (κ3) is 4.04. The van der Waals surface area contributed by atoms with Gasteiger partial charge in [0.25, 0.3) is 0 Å². The molecule has 1 fully saturated rings. The molecule has 4 rings (SSSR count). The number of phenols is 4. The van der Waals surface area contributed by atoms with Gasteiger partial charge in [0.15, 0.2) is 40.8 Å². The molecule has 2 aromatic carbocycles. The van der Waals surface area contributed by atoms with Gasteiger partial charge in [-0.2, -0.15) is 0 Å². The molecule has 1 saturated heterocycles. The van der Waals surface area contributed by atoms with Crippen molar-refractivity contribution in [2.45, 2.75) is 42.9 Å². The van der Waals surface area contributed by atoms with Crippen molar-refractivity contribution in [3.63, 3.8) is 0 Å². The lowest BCUT2D eigenvalue weighted by molar-refractivity contribution is -0.285. The van der Waals surface area contributed by atoms with E-state index in [1.807, 2.05) is 0 Å². The molecular formula is C21H22O13. The molecule has 2 aliphatic rings. The summed E-state index contributed by atoms with van der Waals surface area (Å²) in [5.74, 6) is -5.54. The lowest BCUT2D eigenvalue weighted by Crippen LogP contribution is -2.58. The van der Waals surface area contributed by atoms with Crippen molar-refractivity contribution in [2.75, 3.05) is 6.61 Å². The number of aromatic hydroxyl groups is 4. The van der Waals surface area contributed by atoms with Gasteiger partial charge in [-0.15, -0.1) is 0 Å². The first-order valence-corrected chi connectivity index (χ1v) is 10.0. The first-order chi connectivity index (χ1) is 16.0. The maximum absolute atomic E-state index is 13.1. The fraction of sp³-hybridized carbons (Fsp3) is 0.381. The summed E-state index contributed by atoms with van der Waals surface area (Å²) in [7, 11) is 0. The van der Waals surface area contributed by atoms with Gasteiger partial charge >= 0.3 is 0 Å². The summed E-state index contributed by atoms with van der Waals surface area (Å²) in [6, 6.07) is 4.13. The van der Waals surface area contributed by atoms with E-state index < -0.39 is 78.3 Å². The van der Waals surface area contributed by atoms with Gasteiger partial charge in [0, 0.05) is 6.07 Å². The number of Topliss-reactive ketones (excluding diaryl/α,β-unsaturated/α-hetero) is 1. The molecule has 2 aromatic rings. The summed E-state index contributed by atoms with van der Waals surface area (Å²) in [5, 5.41) is 88.6. The van der Waals surface area contributed by atoms with Crippen LogP contribution < -0.4 is 9.47 Å². The highest BCUT2D eigenvalue weighted by Crippen LogP contribution is 2.45. The molecule has 0 aromatic heterocycles. The molecule has 0 radical (unpaired) electrons. The number of aliphatic hydroxyl groups is 5. The molecule has 0 spiro atoms. The van der Waals surface area contributed by atoms with Gasteiger partial charge in [-0.25, -0.2) is 0 Å². The molecule has 0 amide bonds. The second-order valence-electron chi connectivity index (χ2n) is 7.93. The van der Waals surface area contributed by atoms with E-state index in [1.54, 1.807) is 0 Å². The number of aliphatic hydroxyl groups excluding tert-OH is 5. The van der Waals surface area contributed by atoms with Gasteiger partial charge in [-0.05, 0) is 23.8 Å². The van der Waals surface area contributed by atoms with E-state index >= 15 is 0 Å². The van der Waals surface area contributed by atoms with E-state index in [2.05, 4.69) is 0 Å². The highest BCUT2D eigenvalue weighted by molar-refractivity contribution is 6.05. The first-order valence-electron chi connectivity index (χ1n) is 10.0. The fourth-order valence-electron chi connectivity index (χ4n) is 3.83. The summed E-state index contributed by atoms with van der Waals surface area (Å²) in [6.45, 7) is -0.457. The Labute approximate surface area is 190 Å². The lowest BCUT2D eigenvalue weighted by Gasteiger charge is -2.38. The Bertz CT molecular complexity index is 1080. The van der Waals surface area contributed by atoms with Gasteiger partial charge < -0.3 is 60.2 Å².